The van der Waals surface area contributed by atoms with Crippen molar-refractivity contribution in [2.24, 2.45) is 11.8 Å². The molecule has 0 radical (unpaired) electrons. The molecule has 0 aromatic heterocycles. The first kappa shape index (κ1) is 27.6. The Bertz CT molecular complexity index is 1340. The predicted octanol–water partition coefficient (Wildman–Crippen LogP) is 6.47. The highest BCUT2D eigenvalue weighted by atomic mass is 19.4. The van der Waals surface area contributed by atoms with Gasteiger partial charge in [0.05, 0.1) is 6.42 Å². The normalized spacial score (nSPS) is 21.7. The van der Waals surface area contributed by atoms with Crippen LogP contribution in [-0.4, -0.2) is 29.9 Å². The number of hydrogen-bond donors (Lipinski definition) is 2. The third-order valence-corrected chi connectivity index (χ3v) is 8.07. The van der Waals surface area contributed by atoms with Crippen molar-refractivity contribution in [2.75, 3.05) is 6.54 Å². The molecule has 0 spiro atoms. The number of hydrogen-bond acceptors (Lipinski definition) is 4. The van der Waals surface area contributed by atoms with Gasteiger partial charge in [0, 0.05) is 17.5 Å². The summed E-state index contributed by atoms with van der Waals surface area (Å²) in [5.74, 6) is 0.286. The van der Waals surface area contributed by atoms with E-state index < -0.39 is 12.3 Å². The molecule has 2 aliphatic carbocycles. The number of carbonyl (C=O) groups excluding carboxylic acids is 1. The van der Waals surface area contributed by atoms with Crippen molar-refractivity contribution in [3.8, 4) is 11.5 Å². The van der Waals surface area contributed by atoms with Crippen molar-refractivity contribution in [3.63, 3.8) is 0 Å². The van der Waals surface area contributed by atoms with E-state index >= 15 is 0 Å². The molecule has 0 saturated heterocycles. The van der Waals surface area contributed by atoms with E-state index in [-0.39, 0.29) is 36.6 Å². The summed E-state index contributed by atoms with van der Waals surface area (Å²) in [7, 11) is 0. The fourth-order valence-electron chi connectivity index (χ4n) is 6.31. The van der Waals surface area contributed by atoms with Crippen LogP contribution < -0.4 is 14.8 Å². The summed E-state index contributed by atoms with van der Waals surface area (Å²) in [4.78, 5) is 23.2. The van der Waals surface area contributed by atoms with Gasteiger partial charge in [0.15, 0.2) is 0 Å². The van der Waals surface area contributed by atoms with Gasteiger partial charge in [0.2, 0.25) is 0 Å². The van der Waals surface area contributed by atoms with E-state index in [0.29, 0.717) is 23.1 Å². The zero-order chi connectivity index (χ0) is 28.3. The quantitative estimate of drug-likeness (QED) is 0.301. The molecule has 2 bridgehead atoms. The maximum atomic E-state index is 12.4. The summed E-state index contributed by atoms with van der Waals surface area (Å²) >= 11 is 0. The first-order chi connectivity index (χ1) is 19.1. The summed E-state index contributed by atoms with van der Waals surface area (Å²) in [6, 6.07) is 21.3. The molecule has 2 fully saturated rings. The highest BCUT2D eigenvalue weighted by molar-refractivity contribution is 5.94. The summed E-state index contributed by atoms with van der Waals surface area (Å²) in [5, 5.41) is 11.4. The van der Waals surface area contributed by atoms with Crippen molar-refractivity contribution < 1.29 is 37.3 Å². The number of carbonyl (C=O) groups is 2. The smallest absolute Gasteiger partial charge is 0.489 e. The first-order valence-electron chi connectivity index (χ1n) is 13.3. The van der Waals surface area contributed by atoms with Gasteiger partial charge in [-0.3, -0.25) is 9.59 Å². The summed E-state index contributed by atoms with van der Waals surface area (Å²) in [6.07, 6.45) is -0.272. The fraction of sp³-hybridized carbons (Fsp3) is 0.355. The maximum Gasteiger partial charge on any atom is 0.573 e. The minimum atomic E-state index is -4.73. The van der Waals surface area contributed by atoms with Crippen LogP contribution in [0.5, 0.6) is 11.5 Å². The lowest BCUT2D eigenvalue weighted by Gasteiger charge is -2.39. The SMILES string of the molecule is O=C(O)CCNC(=O)c1ccc(C2(c3ccc(OCc4ccc(OC(F)(F)F)cc4)cc3)CC3CCC2C3)cc1. The zero-order valence-corrected chi connectivity index (χ0v) is 21.7. The summed E-state index contributed by atoms with van der Waals surface area (Å²) in [6.45, 7) is 0.285. The number of rotatable bonds is 10. The summed E-state index contributed by atoms with van der Waals surface area (Å²) < 4.78 is 46.9. The van der Waals surface area contributed by atoms with Gasteiger partial charge in [-0.15, -0.1) is 13.2 Å². The molecule has 210 valence electrons. The van der Waals surface area contributed by atoms with E-state index in [1.54, 1.807) is 0 Å². The predicted molar refractivity (Wildman–Crippen MR) is 141 cm³/mol. The average Bonchev–Trinajstić information content (AvgIpc) is 3.55. The number of benzene rings is 3. The topological polar surface area (TPSA) is 84.9 Å². The van der Waals surface area contributed by atoms with Gasteiger partial charge in [-0.25, -0.2) is 0 Å². The molecule has 2 saturated carbocycles. The van der Waals surface area contributed by atoms with Gasteiger partial charge in [0.25, 0.3) is 5.91 Å². The van der Waals surface area contributed by atoms with Crippen LogP contribution in [0.2, 0.25) is 0 Å². The lowest BCUT2D eigenvalue weighted by atomic mass is 9.64. The molecule has 5 rings (SSSR count). The van der Waals surface area contributed by atoms with Gasteiger partial charge in [-0.2, -0.15) is 0 Å². The molecule has 2 aliphatic rings. The number of amides is 1. The maximum absolute atomic E-state index is 12.4. The van der Waals surface area contributed by atoms with Gasteiger partial charge in [-0.1, -0.05) is 42.8 Å². The van der Waals surface area contributed by atoms with Gasteiger partial charge in [-0.05, 0) is 84.2 Å². The van der Waals surface area contributed by atoms with Crippen LogP contribution >= 0.6 is 0 Å². The van der Waals surface area contributed by atoms with Crippen LogP contribution in [0, 0.1) is 11.8 Å². The van der Waals surface area contributed by atoms with Crippen molar-refractivity contribution in [1.82, 2.24) is 5.32 Å². The lowest BCUT2D eigenvalue weighted by molar-refractivity contribution is -0.274. The summed E-state index contributed by atoms with van der Waals surface area (Å²) in [5.41, 5.74) is 3.41. The average molecular weight is 554 g/mol. The highest BCUT2D eigenvalue weighted by Gasteiger charge is 2.52. The van der Waals surface area contributed by atoms with E-state index in [1.807, 2.05) is 36.4 Å². The molecular formula is C31H30F3NO5. The lowest BCUT2D eigenvalue weighted by Crippen LogP contribution is -2.34. The van der Waals surface area contributed by atoms with Crippen molar-refractivity contribution in [3.05, 3.63) is 95.1 Å². The monoisotopic (exact) mass is 553 g/mol. The van der Waals surface area contributed by atoms with E-state index in [1.165, 1.54) is 42.7 Å². The van der Waals surface area contributed by atoms with Crippen molar-refractivity contribution in [1.29, 1.82) is 0 Å². The second kappa shape index (κ2) is 11.2. The number of carboxylic acid groups (broad SMARTS) is 1. The Kier molecular flexibility index (Phi) is 7.74. The minimum Gasteiger partial charge on any atom is -0.489 e. The number of aliphatic carboxylic acids is 1. The Balaban J connectivity index is 1.28. The van der Waals surface area contributed by atoms with E-state index in [2.05, 4.69) is 22.2 Å². The number of ether oxygens (including phenoxy) is 2. The van der Waals surface area contributed by atoms with E-state index in [4.69, 9.17) is 9.84 Å². The van der Waals surface area contributed by atoms with E-state index in [9.17, 15) is 22.8 Å². The zero-order valence-electron chi connectivity index (χ0n) is 21.7. The van der Waals surface area contributed by atoms with Crippen LogP contribution in [-0.2, 0) is 16.8 Å². The van der Waals surface area contributed by atoms with Crippen LogP contribution in [0.15, 0.2) is 72.8 Å². The Morgan fingerprint density at radius 1 is 0.900 bits per heavy atom. The molecule has 40 heavy (non-hydrogen) atoms. The number of alkyl halides is 3. The fourth-order valence-corrected chi connectivity index (χ4v) is 6.31. The van der Waals surface area contributed by atoms with Crippen LogP contribution in [0.3, 0.4) is 0 Å². The molecule has 0 aliphatic heterocycles. The standard InChI is InChI=1S/C31H30F3NO5/c32-31(33,34)40-27-11-2-20(3-12-27)19-39-26-13-9-24(10-14-26)30(18-21-1-6-25(30)17-21)23-7-4-22(5-8-23)29(38)35-16-15-28(36)37/h2-5,7-14,21,25H,1,6,15-19H2,(H,35,38)(H,36,37). The molecule has 3 aromatic rings. The van der Waals surface area contributed by atoms with Crippen molar-refractivity contribution in [2.45, 2.75) is 50.5 Å². The Morgan fingerprint density at radius 3 is 2.08 bits per heavy atom. The minimum absolute atomic E-state index is 0.0792. The number of carboxylic acids is 1. The molecular weight excluding hydrogens is 523 g/mol. The molecule has 3 unspecified atom stereocenters. The number of fused-ring (bicyclic) bond motifs is 2. The Hall–Kier alpha value is -4.01. The second-order valence-corrected chi connectivity index (χ2v) is 10.5. The van der Waals surface area contributed by atoms with Crippen molar-refractivity contribution >= 4 is 11.9 Å². The first-order valence-corrected chi connectivity index (χ1v) is 13.3. The van der Waals surface area contributed by atoms with Crippen LogP contribution in [0.1, 0.15) is 59.2 Å². The third-order valence-electron chi connectivity index (χ3n) is 8.07. The molecule has 2 N–H and O–H groups in total. The molecule has 1 amide bonds. The second-order valence-electron chi connectivity index (χ2n) is 10.5. The Morgan fingerprint density at radius 2 is 1.52 bits per heavy atom. The van der Waals surface area contributed by atoms with E-state index in [0.717, 1.165) is 24.0 Å². The molecule has 3 aromatic carbocycles. The third kappa shape index (κ3) is 6.08. The van der Waals surface area contributed by atoms with Gasteiger partial charge >= 0.3 is 12.3 Å². The highest BCUT2D eigenvalue weighted by Crippen LogP contribution is 2.60. The molecule has 0 heterocycles. The van der Waals surface area contributed by atoms with Gasteiger partial charge in [0.1, 0.15) is 18.1 Å². The molecule has 9 heteroatoms. The number of halogens is 3. The van der Waals surface area contributed by atoms with Crippen LogP contribution in [0.4, 0.5) is 13.2 Å². The molecule has 3 atom stereocenters. The van der Waals surface area contributed by atoms with Gasteiger partial charge < -0.3 is 19.9 Å². The Labute approximate surface area is 230 Å². The number of nitrogens with one attached hydrogen (secondary N) is 1. The largest absolute Gasteiger partial charge is 0.573 e. The molecule has 6 nitrogen and oxygen atoms in total. The van der Waals surface area contributed by atoms with Crippen LogP contribution in [0.25, 0.3) is 0 Å².